The molecule has 1 N–H and O–H groups in total. The predicted molar refractivity (Wildman–Crippen MR) is 74.9 cm³/mol. The molecule has 2 aliphatic rings. The summed E-state index contributed by atoms with van der Waals surface area (Å²) >= 11 is 0. The molecule has 0 aliphatic carbocycles. The molecule has 0 aromatic rings. The van der Waals surface area contributed by atoms with Crippen molar-refractivity contribution < 1.29 is 13.5 Å². The number of rotatable bonds is 4. The number of aliphatic hydroxyl groups is 1. The van der Waals surface area contributed by atoms with Crippen LogP contribution in [0.4, 0.5) is 0 Å². The molecule has 2 fully saturated rings. The first-order chi connectivity index (χ1) is 9.09. The second kappa shape index (κ2) is 6.52. The van der Waals surface area contributed by atoms with Gasteiger partial charge in [-0.2, -0.15) is 17.0 Å². The van der Waals surface area contributed by atoms with E-state index in [0.29, 0.717) is 19.6 Å². The zero-order valence-corrected chi connectivity index (χ0v) is 12.6. The number of nitrogens with zero attached hydrogens (tertiary/aromatic N) is 2. The van der Waals surface area contributed by atoms with Crippen LogP contribution in [0.5, 0.6) is 0 Å². The maximum atomic E-state index is 12.7. The van der Waals surface area contributed by atoms with Crippen molar-refractivity contribution in [1.82, 2.24) is 8.61 Å². The van der Waals surface area contributed by atoms with Gasteiger partial charge in [0.15, 0.2) is 0 Å². The number of aliphatic hydroxyl groups excluding tert-OH is 1. The first-order valence-electron chi connectivity index (χ1n) is 7.47. The van der Waals surface area contributed by atoms with Crippen LogP contribution in [0.25, 0.3) is 0 Å². The van der Waals surface area contributed by atoms with Gasteiger partial charge in [-0.3, -0.25) is 0 Å². The van der Waals surface area contributed by atoms with E-state index in [1.54, 1.807) is 8.61 Å². The SMILES string of the molecule is CCC1CCCCN1S(=O)(=O)N1CCC(CO)CC1. The van der Waals surface area contributed by atoms with Gasteiger partial charge in [-0.25, -0.2) is 0 Å². The normalized spacial score (nSPS) is 28.6. The summed E-state index contributed by atoms with van der Waals surface area (Å²) in [5.74, 6) is 0.273. The van der Waals surface area contributed by atoms with Crippen LogP contribution < -0.4 is 0 Å². The molecule has 6 heteroatoms. The second-order valence-electron chi connectivity index (χ2n) is 5.70. The van der Waals surface area contributed by atoms with Gasteiger partial charge in [-0.05, 0) is 38.0 Å². The van der Waals surface area contributed by atoms with E-state index in [-0.39, 0.29) is 18.6 Å². The molecule has 0 amide bonds. The largest absolute Gasteiger partial charge is 0.396 e. The molecule has 0 spiro atoms. The van der Waals surface area contributed by atoms with Gasteiger partial charge in [0.05, 0.1) is 0 Å². The monoisotopic (exact) mass is 290 g/mol. The van der Waals surface area contributed by atoms with Gasteiger partial charge >= 0.3 is 0 Å². The number of hydrogen-bond acceptors (Lipinski definition) is 3. The molecular formula is C13H26N2O3S. The van der Waals surface area contributed by atoms with E-state index < -0.39 is 10.2 Å². The lowest BCUT2D eigenvalue weighted by molar-refractivity contribution is 0.159. The number of hydrogen-bond donors (Lipinski definition) is 1. The summed E-state index contributed by atoms with van der Waals surface area (Å²) in [5, 5.41) is 9.13. The quantitative estimate of drug-likeness (QED) is 0.846. The summed E-state index contributed by atoms with van der Waals surface area (Å²) < 4.78 is 28.7. The van der Waals surface area contributed by atoms with Crippen LogP contribution >= 0.6 is 0 Å². The van der Waals surface area contributed by atoms with E-state index in [4.69, 9.17) is 5.11 Å². The molecule has 2 aliphatic heterocycles. The summed E-state index contributed by atoms with van der Waals surface area (Å²) in [4.78, 5) is 0. The van der Waals surface area contributed by atoms with Gasteiger partial charge < -0.3 is 5.11 Å². The molecule has 0 aromatic carbocycles. The van der Waals surface area contributed by atoms with Gasteiger partial charge in [0.25, 0.3) is 10.2 Å². The Morgan fingerprint density at radius 2 is 1.79 bits per heavy atom. The lowest BCUT2D eigenvalue weighted by Gasteiger charge is -2.39. The molecule has 1 unspecified atom stereocenters. The third-order valence-corrected chi connectivity index (χ3v) is 6.59. The molecule has 0 aromatic heterocycles. The van der Waals surface area contributed by atoms with Gasteiger partial charge in [-0.15, -0.1) is 0 Å². The van der Waals surface area contributed by atoms with Crippen molar-refractivity contribution >= 4 is 10.2 Å². The minimum atomic E-state index is -3.29. The molecule has 112 valence electrons. The van der Waals surface area contributed by atoms with Crippen molar-refractivity contribution in [1.29, 1.82) is 0 Å². The molecule has 0 saturated carbocycles. The first kappa shape index (κ1) is 15.2. The van der Waals surface area contributed by atoms with Crippen LogP contribution in [0.2, 0.25) is 0 Å². The molecule has 1 atom stereocenters. The fraction of sp³-hybridized carbons (Fsp3) is 1.00. The Kier molecular flexibility index (Phi) is 5.22. The lowest BCUT2D eigenvalue weighted by Crippen LogP contribution is -2.52. The summed E-state index contributed by atoms with van der Waals surface area (Å²) in [7, 11) is -3.29. The number of piperidine rings is 2. The van der Waals surface area contributed by atoms with Crippen molar-refractivity contribution in [3.05, 3.63) is 0 Å². The van der Waals surface area contributed by atoms with E-state index in [9.17, 15) is 8.42 Å². The lowest BCUT2D eigenvalue weighted by atomic mass is 10.00. The smallest absolute Gasteiger partial charge is 0.282 e. The van der Waals surface area contributed by atoms with Crippen molar-refractivity contribution in [3.8, 4) is 0 Å². The highest BCUT2D eigenvalue weighted by atomic mass is 32.2. The Morgan fingerprint density at radius 1 is 1.11 bits per heavy atom. The zero-order valence-electron chi connectivity index (χ0n) is 11.8. The Morgan fingerprint density at radius 3 is 2.37 bits per heavy atom. The Balaban J connectivity index is 2.05. The Labute approximate surface area is 116 Å². The van der Waals surface area contributed by atoms with E-state index >= 15 is 0 Å². The molecule has 2 saturated heterocycles. The minimum absolute atomic E-state index is 0.175. The highest BCUT2D eigenvalue weighted by molar-refractivity contribution is 7.86. The maximum Gasteiger partial charge on any atom is 0.282 e. The fourth-order valence-electron chi connectivity index (χ4n) is 3.16. The molecule has 5 nitrogen and oxygen atoms in total. The summed E-state index contributed by atoms with van der Waals surface area (Å²) in [5.41, 5.74) is 0. The van der Waals surface area contributed by atoms with E-state index in [1.165, 1.54) is 0 Å². The van der Waals surface area contributed by atoms with Gasteiger partial charge in [0.2, 0.25) is 0 Å². The van der Waals surface area contributed by atoms with Crippen LogP contribution in [-0.2, 0) is 10.2 Å². The average molecular weight is 290 g/mol. The van der Waals surface area contributed by atoms with E-state index in [1.807, 2.05) is 0 Å². The highest BCUT2D eigenvalue weighted by Crippen LogP contribution is 2.27. The third kappa shape index (κ3) is 3.29. The van der Waals surface area contributed by atoms with Crippen LogP contribution in [0.15, 0.2) is 0 Å². The predicted octanol–water partition coefficient (Wildman–Crippen LogP) is 1.20. The van der Waals surface area contributed by atoms with Crippen LogP contribution in [0.1, 0.15) is 45.4 Å². The van der Waals surface area contributed by atoms with Gasteiger partial charge in [-0.1, -0.05) is 13.3 Å². The molecule has 2 rings (SSSR count). The average Bonchev–Trinajstić information content (AvgIpc) is 2.47. The minimum Gasteiger partial charge on any atom is -0.396 e. The standard InChI is InChI=1S/C13H26N2O3S/c1-2-13-5-3-4-8-15(13)19(17,18)14-9-6-12(11-16)7-10-14/h12-13,16H,2-11H2,1H3. The van der Waals surface area contributed by atoms with Gasteiger partial charge in [0, 0.05) is 32.3 Å². The summed E-state index contributed by atoms with van der Waals surface area (Å²) in [6, 6.07) is 0.175. The first-order valence-corrected chi connectivity index (χ1v) is 8.87. The van der Waals surface area contributed by atoms with Crippen LogP contribution in [0, 0.1) is 5.92 Å². The molecule has 19 heavy (non-hydrogen) atoms. The third-order valence-electron chi connectivity index (χ3n) is 4.50. The molecule has 0 radical (unpaired) electrons. The summed E-state index contributed by atoms with van der Waals surface area (Å²) in [6.45, 7) is 4.02. The summed E-state index contributed by atoms with van der Waals surface area (Å²) in [6.07, 6.45) is 5.55. The Hall–Kier alpha value is -0.170. The van der Waals surface area contributed by atoms with Crippen molar-refractivity contribution in [3.63, 3.8) is 0 Å². The highest BCUT2D eigenvalue weighted by Gasteiger charge is 2.37. The van der Waals surface area contributed by atoms with E-state index in [0.717, 1.165) is 38.5 Å². The molecule has 0 bridgehead atoms. The molecule has 2 heterocycles. The zero-order chi connectivity index (χ0) is 13.9. The van der Waals surface area contributed by atoms with E-state index in [2.05, 4.69) is 6.92 Å². The topological polar surface area (TPSA) is 60.9 Å². The van der Waals surface area contributed by atoms with Crippen LogP contribution in [0.3, 0.4) is 0 Å². The van der Waals surface area contributed by atoms with Crippen LogP contribution in [-0.4, -0.2) is 54.4 Å². The van der Waals surface area contributed by atoms with Crippen molar-refractivity contribution in [2.45, 2.75) is 51.5 Å². The fourth-order valence-corrected chi connectivity index (χ4v) is 5.12. The van der Waals surface area contributed by atoms with Crippen molar-refractivity contribution in [2.24, 2.45) is 5.92 Å². The maximum absolute atomic E-state index is 12.7. The second-order valence-corrected chi connectivity index (χ2v) is 7.58. The molecular weight excluding hydrogens is 264 g/mol. The Bertz CT molecular complexity index is 377. The van der Waals surface area contributed by atoms with Crippen molar-refractivity contribution in [2.75, 3.05) is 26.2 Å². The van der Waals surface area contributed by atoms with Gasteiger partial charge in [0.1, 0.15) is 0 Å².